The number of nitrogens with zero attached hydrogens (tertiary/aromatic N) is 2. The summed E-state index contributed by atoms with van der Waals surface area (Å²) in [6.07, 6.45) is 7.98. The monoisotopic (exact) mass is 263 g/mol. The Hall–Kier alpha value is -1.16. The van der Waals surface area contributed by atoms with E-state index in [-0.39, 0.29) is 0 Å². The van der Waals surface area contributed by atoms with Crippen LogP contribution in [-0.4, -0.2) is 15.3 Å². The molecule has 18 heavy (non-hydrogen) atoms. The van der Waals surface area contributed by atoms with Crippen LogP contribution in [0.15, 0.2) is 18.2 Å². The van der Waals surface area contributed by atoms with Gasteiger partial charge in [0, 0.05) is 6.54 Å². The Morgan fingerprint density at radius 2 is 1.89 bits per heavy atom. The maximum atomic E-state index is 4.33. The second-order valence-electron chi connectivity index (χ2n) is 4.63. The molecule has 0 unspecified atom stereocenters. The van der Waals surface area contributed by atoms with E-state index in [1.807, 2.05) is 12.1 Å². The molecule has 0 spiro atoms. The Balaban J connectivity index is 1.72. The summed E-state index contributed by atoms with van der Waals surface area (Å²) in [7, 11) is 0. The fourth-order valence-electron chi connectivity index (χ4n) is 2.08. The van der Waals surface area contributed by atoms with Crippen molar-refractivity contribution in [3.63, 3.8) is 0 Å². The lowest BCUT2D eigenvalue weighted by atomic mass is 10.1. The molecule has 0 aliphatic rings. The van der Waals surface area contributed by atoms with Crippen LogP contribution in [0.4, 0.5) is 5.69 Å². The van der Waals surface area contributed by atoms with E-state index in [4.69, 9.17) is 0 Å². The van der Waals surface area contributed by atoms with Gasteiger partial charge < -0.3 is 5.32 Å². The smallest absolute Gasteiger partial charge is 0.127 e. The number of fused-ring (bicyclic) bond motifs is 1. The maximum Gasteiger partial charge on any atom is 0.127 e. The van der Waals surface area contributed by atoms with E-state index >= 15 is 0 Å². The van der Waals surface area contributed by atoms with Gasteiger partial charge in [-0.05, 0) is 18.6 Å². The number of unbranched alkanes of at least 4 members (excludes halogenated alkanes) is 5. The summed E-state index contributed by atoms with van der Waals surface area (Å²) in [5.74, 6) is 0. The molecule has 1 aromatic carbocycles. The van der Waals surface area contributed by atoms with Crippen LogP contribution in [-0.2, 0) is 0 Å². The Labute approximate surface area is 113 Å². The van der Waals surface area contributed by atoms with Crippen molar-refractivity contribution in [2.45, 2.75) is 45.4 Å². The van der Waals surface area contributed by atoms with Crippen LogP contribution in [0, 0.1) is 0 Å². The third kappa shape index (κ3) is 3.67. The molecule has 2 rings (SSSR count). The van der Waals surface area contributed by atoms with Crippen molar-refractivity contribution in [1.29, 1.82) is 0 Å². The summed E-state index contributed by atoms with van der Waals surface area (Å²) >= 11 is 1.28. The second-order valence-corrected chi connectivity index (χ2v) is 5.16. The van der Waals surface area contributed by atoms with Crippen molar-refractivity contribution in [2.24, 2.45) is 0 Å². The minimum Gasteiger partial charge on any atom is -0.383 e. The number of anilines is 1. The Kier molecular flexibility index (Phi) is 5.39. The van der Waals surface area contributed by atoms with Gasteiger partial charge in [-0.25, -0.2) is 0 Å². The zero-order valence-electron chi connectivity index (χ0n) is 11.0. The highest BCUT2D eigenvalue weighted by Crippen LogP contribution is 2.21. The highest BCUT2D eigenvalue weighted by molar-refractivity contribution is 7.00. The minimum atomic E-state index is 0.993. The van der Waals surface area contributed by atoms with Gasteiger partial charge in [-0.3, -0.25) is 0 Å². The molecule has 0 saturated heterocycles. The lowest BCUT2D eigenvalue weighted by Crippen LogP contribution is -2.01. The largest absolute Gasteiger partial charge is 0.383 e. The van der Waals surface area contributed by atoms with Gasteiger partial charge in [0.25, 0.3) is 0 Å². The van der Waals surface area contributed by atoms with Gasteiger partial charge in [0.1, 0.15) is 11.0 Å². The maximum absolute atomic E-state index is 4.33. The van der Waals surface area contributed by atoms with Gasteiger partial charge in [0.2, 0.25) is 0 Å². The van der Waals surface area contributed by atoms with Crippen LogP contribution < -0.4 is 5.32 Å². The van der Waals surface area contributed by atoms with Crippen molar-refractivity contribution in [3.8, 4) is 0 Å². The average Bonchev–Trinajstić information content (AvgIpc) is 2.86. The molecule has 0 aliphatic heterocycles. The Morgan fingerprint density at radius 3 is 2.78 bits per heavy atom. The van der Waals surface area contributed by atoms with Crippen molar-refractivity contribution < 1.29 is 0 Å². The van der Waals surface area contributed by atoms with Gasteiger partial charge >= 0.3 is 0 Å². The van der Waals surface area contributed by atoms with Gasteiger partial charge in [0.05, 0.1) is 17.4 Å². The molecule has 1 N–H and O–H groups in total. The van der Waals surface area contributed by atoms with E-state index in [0.29, 0.717) is 0 Å². The lowest BCUT2D eigenvalue weighted by molar-refractivity contribution is 0.617. The number of rotatable bonds is 8. The topological polar surface area (TPSA) is 37.8 Å². The first-order chi connectivity index (χ1) is 8.92. The molecule has 0 aliphatic carbocycles. The summed E-state index contributed by atoms with van der Waals surface area (Å²) < 4.78 is 8.57. The van der Waals surface area contributed by atoms with Crippen LogP contribution >= 0.6 is 11.7 Å². The first-order valence-corrected chi connectivity index (χ1v) is 7.60. The van der Waals surface area contributed by atoms with Crippen molar-refractivity contribution >= 4 is 28.4 Å². The molecule has 1 aromatic heterocycles. The molecule has 98 valence electrons. The number of hydrogen-bond acceptors (Lipinski definition) is 4. The zero-order valence-corrected chi connectivity index (χ0v) is 11.8. The van der Waals surface area contributed by atoms with Crippen molar-refractivity contribution in [1.82, 2.24) is 8.75 Å². The molecule has 2 aromatic rings. The Bertz CT molecular complexity index is 467. The second kappa shape index (κ2) is 7.31. The molecule has 0 saturated carbocycles. The van der Waals surface area contributed by atoms with Gasteiger partial charge in [-0.15, -0.1) is 0 Å². The summed E-state index contributed by atoms with van der Waals surface area (Å²) in [5, 5.41) is 3.47. The quantitative estimate of drug-likeness (QED) is 0.714. The van der Waals surface area contributed by atoms with E-state index in [1.165, 1.54) is 50.3 Å². The zero-order chi connectivity index (χ0) is 12.6. The molecule has 4 heteroatoms. The molecule has 1 heterocycles. The SMILES string of the molecule is CCCCCCCCNc1cccc2nsnc12. The lowest BCUT2D eigenvalue weighted by Gasteiger charge is -2.06. The predicted molar refractivity (Wildman–Crippen MR) is 79.3 cm³/mol. The summed E-state index contributed by atoms with van der Waals surface area (Å²) in [5.41, 5.74) is 3.12. The standard InChI is InChI=1S/C14H21N3S/c1-2-3-4-5-6-7-11-15-12-9-8-10-13-14(12)17-18-16-13/h8-10,15H,2-7,11H2,1H3. The number of aromatic nitrogens is 2. The highest BCUT2D eigenvalue weighted by Gasteiger charge is 2.03. The third-order valence-corrected chi connectivity index (χ3v) is 3.67. The van der Waals surface area contributed by atoms with E-state index in [1.54, 1.807) is 0 Å². The molecule has 0 amide bonds. The van der Waals surface area contributed by atoms with E-state index < -0.39 is 0 Å². The van der Waals surface area contributed by atoms with E-state index in [9.17, 15) is 0 Å². The van der Waals surface area contributed by atoms with Gasteiger partial charge in [-0.2, -0.15) is 8.75 Å². The third-order valence-electron chi connectivity index (χ3n) is 3.13. The molecule has 3 nitrogen and oxygen atoms in total. The van der Waals surface area contributed by atoms with Crippen LogP contribution in [0.1, 0.15) is 45.4 Å². The molecule has 0 fully saturated rings. The predicted octanol–water partition coefficient (Wildman–Crippen LogP) is 4.46. The highest BCUT2D eigenvalue weighted by atomic mass is 32.1. The fourth-order valence-corrected chi connectivity index (χ4v) is 2.63. The van der Waals surface area contributed by atoms with Crippen molar-refractivity contribution in [3.05, 3.63) is 18.2 Å². The molecule has 0 bridgehead atoms. The number of benzene rings is 1. The molecular formula is C14H21N3S. The molecular weight excluding hydrogens is 242 g/mol. The van der Waals surface area contributed by atoms with Crippen LogP contribution in [0.3, 0.4) is 0 Å². The summed E-state index contributed by atoms with van der Waals surface area (Å²) in [4.78, 5) is 0. The average molecular weight is 263 g/mol. The van der Waals surface area contributed by atoms with E-state index in [0.717, 1.165) is 23.3 Å². The van der Waals surface area contributed by atoms with Crippen LogP contribution in [0.25, 0.3) is 11.0 Å². The first-order valence-electron chi connectivity index (χ1n) is 6.87. The fraction of sp³-hybridized carbons (Fsp3) is 0.571. The van der Waals surface area contributed by atoms with Crippen molar-refractivity contribution in [2.75, 3.05) is 11.9 Å². The first kappa shape index (κ1) is 13.3. The molecule has 0 atom stereocenters. The van der Waals surface area contributed by atoms with Gasteiger partial charge in [0.15, 0.2) is 0 Å². The Morgan fingerprint density at radius 1 is 1.06 bits per heavy atom. The minimum absolute atomic E-state index is 0.993. The van der Waals surface area contributed by atoms with Crippen LogP contribution in [0.5, 0.6) is 0 Å². The molecule has 0 radical (unpaired) electrons. The summed E-state index contributed by atoms with van der Waals surface area (Å²) in [6.45, 7) is 3.28. The number of hydrogen-bond donors (Lipinski definition) is 1. The normalized spacial score (nSPS) is 10.9. The summed E-state index contributed by atoms with van der Waals surface area (Å²) in [6, 6.07) is 6.13. The van der Waals surface area contributed by atoms with E-state index in [2.05, 4.69) is 27.1 Å². The number of nitrogens with one attached hydrogen (secondary N) is 1. The van der Waals surface area contributed by atoms with Gasteiger partial charge in [-0.1, -0.05) is 45.1 Å². The van der Waals surface area contributed by atoms with Crippen LogP contribution in [0.2, 0.25) is 0 Å².